The van der Waals surface area contributed by atoms with Crippen LogP contribution in [0.1, 0.15) is 83.1 Å². The number of nitrogens with two attached hydrogens (primary N) is 1. The summed E-state index contributed by atoms with van der Waals surface area (Å²) in [4.78, 5) is 4.38. The minimum Gasteiger partial charge on any atom is -0.328 e. The van der Waals surface area contributed by atoms with Crippen molar-refractivity contribution in [3.63, 3.8) is 0 Å². The molecule has 2 heteroatoms. The number of benzene rings is 1. The maximum Gasteiger partial charge on any atom is 0.0346 e. The molecule has 30 heavy (non-hydrogen) atoms. The largest absolute Gasteiger partial charge is 0.328 e. The summed E-state index contributed by atoms with van der Waals surface area (Å²) in [5, 5.41) is 2.63. The van der Waals surface area contributed by atoms with Gasteiger partial charge in [-0.25, -0.2) is 0 Å². The maximum absolute atomic E-state index is 6.39. The molecule has 2 nitrogen and oxygen atoms in total. The van der Waals surface area contributed by atoms with Crippen LogP contribution in [0, 0.1) is 34.5 Å². The van der Waals surface area contributed by atoms with Crippen LogP contribution in [0.5, 0.6) is 0 Å². The highest BCUT2D eigenvalue weighted by atomic mass is 14.7. The summed E-state index contributed by atoms with van der Waals surface area (Å²) in [6, 6.07) is 9.80. The van der Waals surface area contributed by atoms with Crippen LogP contribution in [0.15, 0.2) is 36.7 Å². The minimum atomic E-state index is 0.465. The average molecular weight is 403 g/mol. The van der Waals surface area contributed by atoms with Gasteiger partial charge in [0, 0.05) is 23.8 Å². The smallest absolute Gasteiger partial charge is 0.0346 e. The van der Waals surface area contributed by atoms with E-state index in [1.807, 2.05) is 12.4 Å². The highest BCUT2D eigenvalue weighted by Gasteiger charge is 2.60. The molecule has 0 bridgehead atoms. The Morgan fingerprint density at radius 2 is 1.70 bits per heavy atom. The number of pyridine rings is 1. The molecule has 1 aromatic heterocycles. The van der Waals surface area contributed by atoms with Crippen molar-refractivity contribution in [3.8, 4) is 0 Å². The third kappa shape index (κ3) is 2.68. The fourth-order valence-electron chi connectivity index (χ4n) is 9.16. The lowest BCUT2D eigenvalue weighted by molar-refractivity contribution is -0.108. The summed E-state index contributed by atoms with van der Waals surface area (Å²) in [5.41, 5.74) is 9.00. The molecule has 6 rings (SSSR count). The van der Waals surface area contributed by atoms with Gasteiger partial charge >= 0.3 is 0 Å². The highest BCUT2D eigenvalue weighted by molar-refractivity contribution is 5.82. The van der Waals surface area contributed by atoms with Crippen molar-refractivity contribution >= 4 is 10.8 Å². The van der Waals surface area contributed by atoms with Crippen LogP contribution in [0.4, 0.5) is 0 Å². The van der Waals surface area contributed by atoms with Gasteiger partial charge in [0.15, 0.2) is 0 Å². The molecule has 2 N–H and O–H groups in total. The van der Waals surface area contributed by atoms with Crippen molar-refractivity contribution in [2.45, 2.75) is 83.6 Å². The third-order valence-corrected chi connectivity index (χ3v) is 10.8. The van der Waals surface area contributed by atoms with Crippen molar-refractivity contribution in [3.05, 3.63) is 42.2 Å². The number of hydrogen-bond acceptors (Lipinski definition) is 2. The summed E-state index contributed by atoms with van der Waals surface area (Å²) in [6.07, 6.45) is 16.5. The second-order valence-electron chi connectivity index (χ2n) is 11.8. The SMILES string of the molecule is CC12CCC(N)CC1CCC1C2CCC2(C)C(c3ccc4ccncc4c3)CCC12. The monoisotopic (exact) mass is 402 g/mol. The molecule has 4 aliphatic carbocycles. The van der Waals surface area contributed by atoms with Gasteiger partial charge in [0.05, 0.1) is 0 Å². The number of nitrogens with zero attached hydrogens (tertiary/aromatic N) is 1. The second-order valence-corrected chi connectivity index (χ2v) is 11.8. The molecule has 8 unspecified atom stereocenters. The Morgan fingerprint density at radius 1 is 0.867 bits per heavy atom. The fraction of sp³-hybridized carbons (Fsp3) is 0.679. The van der Waals surface area contributed by atoms with Crippen LogP contribution in [-0.2, 0) is 0 Å². The molecule has 160 valence electrons. The average Bonchev–Trinajstić information content (AvgIpc) is 3.11. The van der Waals surface area contributed by atoms with Gasteiger partial charge in [0.2, 0.25) is 0 Å². The van der Waals surface area contributed by atoms with Crippen LogP contribution in [0.2, 0.25) is 0 Å². The van der Waals surface area contributed by atoms with Gasteiger partial charge in [-0.15, -0.1) is 0 Å². The van der Waals surface area contributed by atoms with E-state index < -0.39 is 0 Å². The van der Waals surface area contributed by atoms with Crippen molar-refractivity contribution in [1.29, 1.82) is 0 Å². The topological polar surface area (TPSA) is 38.9 Å². The number of hydrogen-bond donors (Lipinski definition) is 1. The van der Waals surface area contributed by atoms with Gasteiger partial charge in [-0.1, -0.05) is 26.0 Å². The van der Waals surface area contributed by atoms with Crippen molar-refractivity contribution < 1.29 is 0 Å². The Hall–Kier alpha value is -1.41. The molecule has 0 saturated heterocycles. The number of aromatic nitrogens is 1. The van der Waals surface area contributed by atoms with E-state index in [1.165, 1.54) is 68.6 Å². The zero-order valence-corrected chi connectivity index (χ0v) is 18.8. The van der Waals surface area contributed by atoms with E-state index in [9.17, 15) is 0 Å². The molecule has 4 aliphatic rings. The van der Waals surface area contributed by atoms with Crippen LogP contribution in [-0.4, -0.2) is 11.0 Å². The molecule has 4 saturated carbocycles. The Kier molecular flexibility index (Phi) is 4.37. The third-order valence-electron chi connectivity index (χ3n) is 10.8. The normalized spacial score (nSPS) is 45.6. The van der Waals surface area contributed by atoms with Gasteiger partial charge in [0.25, 0.3) is 0 Å². The molecule has 0 amide bonds. The first-order valence-corrected chi connectivity index (χ1v) is 12.6. The Morgan fingerprint density at radius 3 is 2.60 bits per heavy atom. The Bertz CT molecular complexity index is 953. The van der Waals surface area contributed by atoms with E-state index in [0.717, 1.165) is 29.6 Å². The van der Waals surface area contributed by atoms with Crippen LogP contribution >= 0.6 is 0 Å². The predicted octanol–water partition coefficient (Wildman–Crippen LogP) is 6.69. The number of rotatable bonds is 1. The van der Waals surface area contributed by atoms with Gasteiger partial charge < -0.3 is 5.73 Å². The van der Waals surface area contributed by atoms with Gasteiger partial charge in [-0.05, 0) is 121 Å². The van der Waals surface area contributed by atoms with Crippen molar-refractivity contribution in [2.75, 3.05) is 0 Å². The van der Waals surface area contributed by atoms with E-state index in [-0.39, 0.29) is 0 Å². The lowest BCUT2D eigenvalue weighted by Crippen LogP contribution is -2.54. The molecular weight excluding hydrogens is 364 g/mol. The van der Waals surface area contributed by atoms with E-state index in [2.05, 4.69) is 43.1 Å². The lowest BCUT2D eigenvalue weighted by Gasteiger charge is -2.61. The first kappa shape index (κ1) is 19.3. The maximum atomic E-state index is 6.39. The predicted molar refractivity (Wildman–Crippen MR) is 124 cm³/mol. The van der Waals surface area contributed by atoms with E-state index in [4.69, 9.17) is 5.73 Å². The summed E-state index contributed by atoms with van der Waals surface area (Å²) in [6.45, 7) is 5.32. The quantitative estimate of drug-likeness (QED) is 0.577. The van der Waals surface area contributed by atoms with Gasteiger partial charge in [-0.2, -0.15) is 0 Å². The zero-order valence-electron chi connectivity index (χ0n) is 18.8. The first-order valence-electron chi connectivity index (χ1n) is 12.6. The van der Waals surface area contributed by atoms with Crippen LogP contribution < -0.4 is 5.73 Å². The van der Waals surface area contributed by atoms with Gasteiger partial charge in [0.1, 0.15) is 0 Å². The molecule has 8 atom stereocenters. The lowest BCUT2D eigenvalue weighted by atomic mass is 9.44. The Labute approximate surface area is 182 Å². The van der Waals surface area contributed by atoms with Crippen molar-refractivity contribution in [2.24, 2.45) is 40.2 Å². The summed E-state index contributed by atoms with van der Waals surface area (Å²) < 4.78 is 0. The summed E-state index contributed by atoms with van der Waals surface area (Å²) in [7, 11) is 0. The summed E-state index contributed by atoms with van der Waals surface area (Å²) in [5.74, 6) is 4.42. The fourth-order valence-corrected chi connectivity index (χ4v) is 9.16. The van der Waals surface area contributed by atoms with Crippen molar-refractivity contribution in [1.82, 2.24) is 4.98 Å². The molecule has 0 spiro atoms. The van der Waals surface area contributed by atoms with E-state index in [0.29, 0.717) is 16.9 Å². The minimum absolute atomic E-state index is 0.465. The molecule has 2 aromatic rings. The van der Waals surface area contributed by atoms with Crippen LogP contribution in [0.3, 0.4) is 0 Å². The molecule has 0 aliphatic heterocycles. The van der Waals surface area contributed by atoms with Crippen LogP contribution in [0.25, 0.3) is 10.8 Å². The van der Waals surface area contributed by atoms with E-state index in [1.54, 1.807) is 5.56 Å². The highest BCUT2D eigenvalue weighted by Crippen LogP contribution is 2.68. The molecular formula is C28H38N2. The summed E-state index contributed by atoms with van der Waals surface area (Å²) >= 11 is 0. The van der Waals surface area contributed by atoms with Gasteiger partial charge in [-0.3, -0.25) is 4.98 Å². The molecule has 4 fully saturated rings. The Balaban J connectivity index is 1.31. The zero-order chi connectivity index (χ0) is 20.5. The molecule has 0 radical (unpaired) electrons. The van der Waals surface area contributed by atoms with E-state index >= 15 is 0 Å². The molecule has 1 aromatic carbocycles. The second kappa shape index (κ2) is 6.79. The first-order chi connectivity index (χ1) is 14.5. The molecule has 1 heterocycles. The number of fused-ring (bicyclic) bond motifs is 6. The standard InChI is InChI=1S/C28H38N2/c1-27-12-9-22(29)16-21(27)5-6-23-25-8-7-24(28(25,2)13-10-26(23)27)19-4-3-18-11-14-30-17-20(18)15-19/h3-4,11,14-15,17,21-26H,5-10,12-13,16,29H2,1-2H3.